The van der Waals surface area contributed by atoms with Crippen molar-refractivity contribution in [2.75, 3.05) is 25.1 Å². The average molecular weight is 513 g/mol. The van der Waals surface area contributed by atoms with Gasteiger partial charge in [0.25, 0.3) is 21.6 Å². The van der Waals surface area contributed by atoms with Gasteiger partial charge in [-0.05, 0) is 48.9 Å². The van der Waals surface area contributed by atoms with Gasteiger partial charge in [-0.25, -0.2) is 13.8 Å². The summed E-state index contributed by atoms with van der Waals surface area (Å²) in [4.78, 5) is 23.0. The highest BCUT2D eigenvalue weighted by Crippen LogP contribution is 2.32. The zero-order valence-electron chi connectivity index (χ0n) is 19.7. The molecule has 0 saturated carbocycles. The van der Waals surface area contributed by atoms with Gasteiger partial charge in [-0.3, -0.25) is 19.2 Å². The number of benzene rings is 3. The second-order valence-corrected chi connectivity index (χ2v) is 9.26. The van der Waals surface area contributed by atoms with E-state index in [0.29, 0.717) is 17.0 Å². The summed E-state index contributed by atoms with van der Waals surface area (Å²) in [6.45, 7) is 1.05. The Balaban J connectivity index is 1.86. The molecule has 1 amide bonds. The highest BCUT2D eigenvalue weighted by molar-refractivity contribution is 7.92. The van der Waals surface area contributed by atoms with Crippen LogP contribution in [0.4, 0.5) is 11.4 Å². The van der Waals surface area contributed by atoms with Gasteiger partial charge in [-0.1, -0.05) is 18.2 Å². The quantitative estimate of drug-likeness (QED) is 0.249. The fraction of sp³-hybridized carbons (Fsp3) is 0.167. The standard InChI is InChI=1S/C24H24N4O7S/c1-17(18-9-11-20(12-10-18)28(30)31)25-26-24(29)16-27(19-7-5-4-6-8-19)36(32,33)21-13-14-22(34-2)23(15-21)35-3/h4-15H,16H2,1-3H3,(H,26,29)/b25-17-. The molecule has 0 aromatic heterocycles. The van der Waals surface area contributed by atoms with Crippen molar-refractivity contribution in [3.8, 4) is 11.5 Å². The van der Waals surface area contributed by atoms with E-state index in [9.17, 15) is 23.3 Å². The predicted octanol–water partition coefficient (Wildman–Crippen LogP) is 3.35. The number of sulfonamides is 1. The van der Waals surface area contributed by atoms with E-state index in [2.05, 4.69) is 10.5 Å². The monoisotopic (exact) mass is 512 g/mol. The summed E-state index contributed by atoms with van der Waals surface area (Å²) in [5.74, 6) is -0.111. The zero-order chi connectivity index (χ0) is 26.3. The summed E-state index contributed by atoms with van der Waals surface area (Å²) in [6.07, 6.45) is 0. The minimum atomic E-state index is -4.19. The van der Waals surface area contributed by atoms with Crippen molar-refractivity contribution in [1.29, 1.82) is 0 Å². The van der Waals surface area contributed by atoms with Gasteiger partial charge in [0.1, 0.15) is 6.54 Å². The second kappa shape index (κ2) is 11.3. The topological polar surface area (TPSA) is 140 Å². The number of ether oxygens (including phenoxy) is 2. The molecule has 0 heterocycles. The lowest BCUT2D eigenvalue weighted by Crippen LogP contribution is -2.39. The van der Waals surface area contributed by atoms with Gasteiger partial charge in [-0.2, -0.15) is 5.10 Å². The summed E-state index contributed by atoms with van der Waals surface area (Å²) < 4.78 is 38.4. The number of methoxy groups -OCH3 is 2. The molecule has 0 aliphatic rings. The van der Waals surface area contributed by atoms with Gasteiger partial charge in [-0.15, -0.1) is 0 Å². The minimum absolute atomic E-state index is 0.0746. The number of nitro groups is 1. The van der Waals surface area contributed by atoms with Crippen LogP contribution in [0, 0.1) is 10.1 Å². The van der Waals surface area contributed by atoms with E-state index in [1.807, 2.05) is 0 Å². The maximum atomic E-state index is 13.5. The van der Waals surface area contributed by atoms with E-state index in [1.54, 1.807) is 37.3 Å². The van der Waals surface area contributed by atoms with Crippen LogP contribution in [-0.2, 0) is 14.8 Å². The Morgan fingerprint density at radius 3 is 2.22 bits per heavy atom. The maximum Gasteiger partial charge on any atom is 0.269 e. The number of hydrogen-bond donors (Lipinski definition) is 1. The Kier molecular flexibility index (Phi) is 8.22. The van der Waals surface area contributed by atoms with Crippen molar-refractivity contribution in [1.82, 2.24) is 5.43 Å². The zero-order valence-corrected chi connectivity index (χ0v) is 20.6. The Hall–Kier alpha value is -4.45. The van der Waals surface area contributed by atoms with E-state index < -0.39 is 27.4 Å². The van der Waals surface area contributed by atoms with Crippen LogP contribution in [0.2, 0.25) is 0 Å². The maximum absolute atomic E-state index is 13.5. The molecule has 0 atom stereocenters. The first-order valence-electron chi connectivity index (χ1n) is 10.5. The van der Waals surface area contributed by atoms with Crippen LogP contribution < -0.4 is 19.2 Å². The average Bonchev–Trinajstić information content (AvgIpc) is 2.90. The lowest BCUT2D eigenvalue weighted by atomic mass is 10.1. The molecule has 0 saturated heterocycles. The molecule has 0 radical (unpaired) electrons. The van der Waals surface area contributed by atoms with Crippen LogP contribution >= 0.6 is 0 Å². The molecule has 12 heteroatoms. The van der Waals surface area contributed by atoms with Gasteiger partial charge < -0.3 is 9.47 Å². The lowest BCUT2D eigenvalue weighted by Gasteiger charge is -2.24. The van der Waals surface area contributed by atoms with Crippen molar-refractivity contribution in [2.45, 2.75) is 11.8 Å². The first kappa shape index (κ1) is 26.2. The van der Waals surface area contributed by atoms with Crippen LogP contribution in [0.15, 0.2) is 82.8 Å². The third-order valence-electron chi connectivity index (χ3n) is 5.12. The normalized spacial score (nSPS) is 11.5. The summed E-state index contributed by atoms with van der Waals surface area (Å²) in [6, 6.07) is 18.0. The second-order valence-electron chi connectivity index (χ2n) is 7.40. The molecule has 0 fully saturated rings. The molecule has 11 nitrogen and oxygen atoms in total. The molecule has 36 heavy (non-hydrogen) atoms. The number of nitro benzene ring substituents is 1. The van der Waals surface area contributed by atoms with Crippen LogP contribution in [0.3, 0.4) is 0 Å². The molecule has 0 unspecified atom stereocenters. The third-order valence-corrected chi connectivity index (χ3v) is 6.89. The molecule has 3 aromatic rings. The van der Waals surface area contributed by atoms with Gasteiger partial charge in [0, 0.05) is 18.2 Å². The van der Waals surface area contributed by atoms with E-state index in [0.717, 1.165) is 4.31 Å². The van der Waals surface area contributed by atoms with Crippen LogP contribution in [-0.4, -0.2) is 45.7 Å². The molecule has 188 valence electrons. The molecule has 3 aromatic carbocycles. The van der Waals surface area contributed by atoms with E-state index in [1.165, 1.54) is 56.7 Å². The number of carbonyl (C=O) groups is 1. The first-order valence-corrected chi connectivity index (χ1v) is 12.0. The Morgan fingerprint density at radius 2 is 1.64 bits per heavy atom. The minimum Gasteiger partial charge on any atom is -0.493 e. The Bertz CT molecular complexity index is 1380. The van der Waals surface area contributed by atoms with Gasteiger partial charge in [0.15, 0.2) is 11.5 Å². The van der Waals surface area contributed by atoms with Crippen LogP contribution in [0.1, 0.15) is 12.5 Å². The number of amides is 1. The Labute approximate surface area is 208 Å². The van der Waals surface area contributed by atoms with Crippen molar-refractivity contribution < 1.29 is 27.6 Å². The third kappa shape index (κ3) is 5.96. The van der Waals surface area contributed by atoms with E-state index in [4.69, 9.17) is 9.47 Å². The Morgan fingerprint density at radius 1 is 1.00 bits per heavy atom. The van der Waals surface area contributed by atoms with E-state index in [-0.39, 0.29) is 22.0 Å². The number of rotatable bonds is 10. The number of nitrogens with zero attached hydrogens (tertiary/aromatic N) is 3. The SMILES string of the molecule is COc1ccc(S(=O)(=O)N(CC(=O)N/N=C(/C)c2ccc([N+](=O)[O-])cc2)c2ccccc2)cc1OC. The van der Waals surface area contributed by atoms with E-state index >= 15 is 0 Å². The van der Waals surface area contributed by atoms with Crippen molar-refractivity contribution >= 4 is 33.0 Å². The number of para-hydroxylation sites is 1. The van der Waals surface area contributed by atoms with Gasteiger partial charge in [0.05, 0.1) is 35.4 Å². The molecule has 0 spiro atoms. The van der Waals surface area contributed by atoms with Crippen molar-refractivity contribution in [3.05, 3.63) is 88.5 Å². The number of hydrogen-bond acceptors (Lipinski definition) is 8. The molecule has 0 bridgehead atoms. The predicted molar refractivity (Wildman–Crippen MR) is 134 cm³/mol. The fourth-order valence-corrected chi connectivity index (χ4v) is 4.65. The number of nitrogens with one attached hydrogen (secondary N) is 1. The molecular formula is C24H24N4O7S. The fourth-order valence-electron chi connectivity index (χ4n) is 3.21. The molecule has 3 rings (SSSR count). The highest BCUT2D eigenvalue weighted by Gasteiger charge is 2.28. The van der Waals surface area contributed by atoms with Crippen molar-refractivity contribution in [2.24, 2.45) is 5.10 Å². The van der Waals surface area contributed by atoms with Crippen LogP contribution in [0.25, 0.3) is 0 Å². The van der Waals surface area contributed by atoms with Gasteiger partial charge in [0.2, 0.25) is 0 Å². The number of non-ortho nitro benzene ring substituents is 1. The lowest BCUT2D eigenvalue weighted by molar-refractivity contribution is -0.384. The summed E-state index contributed by atoms with van der Waals surface area (Å²) >= 11 is 0. The smallest absolute Gasteiger partial charge is 0.269 e. The summed E-state index contributed by atoms with van der Waals surface area (Å²) in [5.41, 5.74) is 3.49. The molecule has 0 aliphatic heterocycles. The largest absolute Gasteiger partial charge is 0.493 e. The molecular weight excluding hydrogens is 488 g/mol. The van der Waals surface area contributed by atoms with Crippen molar-refractivity contribution in [3.63, 3.8) is 0 Å². The first-order chi connectivity index (χ1) is 17.2. The number of carbonyl (C=O) groups excluding carboxylic acids is 1. The summed E-state index contributed by atoms with van der Waals surface area (Å²) in [7, 11) is -1.36. The highest BCUT2D eigenvalue weighted by atomic mass is 32.2. The molecule has 0 aliphatic carbocycles. The number of anilines is 1. The van der Waals surface area contributed by atoms with Gasteiger partial charge >= 0.3 is 0 Å². The van der Waals surface area contributed by atoms with Crippen LogP contribution in [0.5, 0.6) is 11.5 Å². The summed E-state index contributed by atoms with van der Waals surface area (Å²) in [5, 5.41) is 14.8. The number of hydrazone groups is 1. The molecule has 1 N–H and O–H groups in total.